The van der Waals surface area contributed by atoms with E-state index in [0.717, 1.165) is 26.5 Å². The largest absolute Gasteiger partial charge is 0.398 e. The van der Waals surface area contributed by atoms with Crippen LogP contribution in [0.4, 0.5) is 5.69 Å². The monoisotopic (exact) mass is 256 g/mol. The number of hydrogen-bond donors (Lipinski definition) is 1. The first kappa shape index (κ1) is 11.1. The molecule has 0 saturated heterocycles. The number of nitrogen functional groups attached to an aromatic ring is 1. The Morgan fingerprint density at radius 1 is 1.17 bits per heavy atom. The third-order valence-electron chi connectivity index (χ3n) is 2.79. The second-order valence-corrected chi connectivity index (χ2v) is 5.01. The van der Waals surface area contributed by atoms with Crippen LogP contribution in [0.2, 0.25) is 0 Å². The van der Waals surface area contributed by atoms with Crippen molar-refractivity contribution in [2.45, 2.75) is 10.1 Å². The van der Waals surface area contributed by atoms with Crippen LogP contribution in [-0.2, 0) is 7.05 Å². The maximum absolute atomic E-state index is 5.97. The Balaban J connectivity index is 2.13. The van der Waals surface area contributed by atoms with Gasteiger partial charge in [-0.05, 0) is 18.2 Å². The van der Waals surface area contributed by atoms with Crippen molar-refractivity contribution in [3.05, 3.63) is 43.0 Å². The third kappa shape index (κ3) is 1.82. The summed E-state index contributed by atoms with van der Waals surface area (Å²) in [6, 6.07) is 5.87. The Labute approximate surface area is 109 Å². The summed E-state index contributed by atoms with van der Waals surface area (Å²) in [6.07, 6.45) is 7.32. The number of imidazole rings is 1. The van der Waals surface area contributed by atoms with Gasteiger partial charge in [-0.2, -0.15) is 0 Å². The number of pyridine rings is 1. The van der Waals surface area contributed by atoms with Gasteiger partial charge in [-0.1, -0.05) is 11.8 Å². The quantitative estimate of drug-likeness (QED) is 0.716. The lowest BCUT2D eigenvalue weighted by atomic mass is 10.1. The van der Waals surface area contributed by atoms with Gasteiger partial charge in [-0.25, -0.2) is 4.98 Å². The topological polar surface area (TPSA) is 56.7 Å². The molecule has 3 aromatic rings. The molecule has 1 aromatic carbocycles. The average molecular weight is 256 g/mol. The lowest BCUT2D eigenvalue weighted by molar-refractivity contribution is 0.790. The zero-order chi connectivity index (χ0) is 12.5. The van der Waals surface area contributed by atoms with Crippen LogP contribution >= 0.6 is 11.8 Å². The minimum atomic E-state index is 0.775. The summed E-state index contributed by atoms with van der Waals surface area (Å²) < 4.78 is 1.99. The summed E-state index contributed by atoms with van der Waals surface area (Å²) in [7, 11) is 1.98. The zero-order valence-corrected chi connectivity index (χ0v) is 10.7. The van der Waals surface area contributed by atoms with E-state index in [-0.39, 0.29) is 0 Å². The molecule has 0 fully saturated rings. The number of hydrogen-bond acceptors (Lipinski definition) is 4. The Bertz CT molecular complexity index is 705. The van der Waals surface area contributed by atoms with Gasteiger partial charge in [-0.3, -0.25) is 4.98 Å². The van der Waals surface area contributed by atoms with Gasteiger partial charge in [0.2, 0.25) is 0 Å². The number of nitrogens with zero attached hydrogens (tertiary/aromatic N) is 3. The predicted octanol–water partition coefficient (Wildman–Crippen LogP) is 2.70. The number of aryl methyl sites for hydroxylation is 1. The molecule has 4 nitrogen and oxygen atoms in total. The van der Waals surface area contributed by atoms with Crippen molar-refractivity contribution in [1.82, 2.24) is 14.5 Å². The van der Waals surface area contributed by atoms with Gasteiger partial charge in [0.05, 0.1) is 0 Å². The highest BCUT2D eigenvalue weighted by molar-refractivity contribution is 7.99. The molecule has 3 rings (SSSR count). The lowest BCUT2D eigenvalue weighted by Crippen LogP contribution is -1.91. The highest BCUT2D eigenvalue weighted by atomic mass is 32.2. The number of rotatable bonds is 2. The highest BCUT2D eigenvalue weighted by Crippen LogP contribution is 2.34. The van der Waals surface area contributed by atoms with E-state index in [1.54, 1.807) is 24.2 Å². The molecular formula is C13H12N4S. The van der Waals surface area contributed by atoms with Crippen LogP contribution in [0.5, 0.6) is 0 Å². The minimum absolute atomic E-state index is 0.775. The van der Waals surface area contributed by atoms with E-state index in [4.69, 9.17) is 5.73 Å². The molecule has 0 bridgehead atoms. The molecule has 0 aliphatic carbocycles. The number of fused-ring (bicyclic) bond motifs is 1. The molecule has 0 unspecified atom stereocenters. The Morgan fingerprint density at radius 3 is 2.83 bits per heavy atom. The Morgan fingerprint density at radius 2 is 2.06 bits per heavy atom. The first-order chi connectivity index (χ1) is 8.75. The van der Waals surface area contributed by atoms with Gasteiger partial charge in [-0.15, -0.1) is 0 Å². The third-order valence-corrected chi connectivity index (χ3v) is 3.94. The molecule has 0 amide bonds. The molecule has 0 aliphatic heterocycles. The van der Waals surface area contributed by atoms with E-state index < -0.39 is 0 Å². The molecule has 0 spiro atoms. The van der Waals surface area contributed by atoms with Crippen LogP contribution in [0.15, 0.2) is 53.0 Å². The van der Waals surface area contributed by atoms with Crippen LogP contribution < -0.4 is 5.73 Å². The summed E-state index contributed by atoms with van der Waals surface area (Å²) in [5.41, 5.74) is 6.75. The van der Waals surface area contributed by atoms with Crippen LogP contribution in [0.1, 0.15) is 0 Å². The lowest BCUT2D eigenvalue weighted by Gasteiger charge is -2.07. The predicted molar refractivity (Wildman–Crippen MR) is 73.5 cm³/mol. The fourth-order valence-corrected chi connectivity index (χ4v) is 2.75. The highest BCUT2D eigenvalue weighted by Gasteiger charge is 2.08. The maximum Gasteiger partial charge on any atom is 0.172 e. The smallest absolute Gasteiger partial charge is 0.172 e. The van der Waals surface area contributed by atoms with Gasteiger partial charge < -0.3 is 10.3 Å². The summed E-state index contributed by atoms with van der Waals surface area (Å²) in [4.78, 5) is 9.60. The average Bonchev–Trinajstić information content (AvgIpc) is 2.79. The SMILES string of the molecule is Cn1ccnc1Sc1ccc(N)c2ccncc12. The van der Waals surface area contributed by atoms with Gasteiger partial charge in [0.1, 0.15) is 0 Å². The summed E-state index contributed by atoms with van der Waals surface area (Å²) in [5.74, 6) is 0. The number of nitrogens with two attached hydrogens (primary N) is 1. The zero-order valence-electron chi connectivity index (χ0n) is 9.87. The standard InChI is InChI=1S/C13H12N4S/c1-17-7-6-16-13(17)18-12-3-2-11(14)9-4-5-15-8-10(9)12/h2-8H,14H2,1H3. The Kier molecular flexibility index (Phi) is 2.68. The van der Waals surface area contributed by atoms with Crippen LogP contribution in [0.3, 0.4) is 0 Å². The molecule has 0 saturated carbocycles. The first-order valence-electron chi connectivity index (χ1n) is 5.53. The van der Waals surface area contributed by atoms with Crippen molar-refractivity contribution < 1.29 is 0 Å². The first-order valence-corrected chi connectivity index (χ1v) is 6.35. The van der Waals surface area contributed by atoms with Crippen molar-refractivity contribution in [3.8, 4) is 0 Å². The van der Waals surface area contributed by atoms with Gasteiger partial charge in [0.25, 0.3) is 0 Å². The molecule has 2 N–H and O–H groups in total. The molecule has 0 aliphatic rings. The molecule has 5 heteroatoms. The summed E-state index contributed by atoms with van der Waals surface area (Å²) in [6.45, 7) is 0. The van der Waals surface area contributed by atoms with E-state index >= 15 is 0 Å². The van der Waals surface area contributed by atoms with Crippen LogP contribution in [0.25, 0.3) is 10.8 Å². The van der Waals surface area contributed by atoms with E-state index in [9.17, 15) is 0 Å². The van der Waals surface area contributed by atoms with Crippen LogP contribution in [-0.4, -0.2) is 14.5 Å². The summed E-state index contributed by atoms with van der Waals surface area (Å²) >= 11 is 1.62. The van der Waals surface area contributed by atoms with Crippen molar-refractivity contribution in [1.29, 1.82) is 0 Å². The van der Waals surface area contributed by atoms with E-state index in [2.05, 4.69) is 9.97 Å². The second kappa shape index (κ2) is 4.34. The molecule has 0 radical (unpaired) electrons. The van der Waals surface area contributed by atoms with E-state index in [1.807, 2.05) is 42.2 Å². The molecular weight excluding hydrogens is 244 g/mol. The second-order valence-electron chi connectivity index (χ2n) is 4.00. The number of benzene rings is 1. The van der Waals surface area contributed by atoms with Crippen molar-refractivity contribution >= 4 is 28.2 Å². The van der Waals surface area contributed by atoms with Gasteiger partial charge in [0, 0.05) is 53.2 Å². The van der Waals surface area contributed by atoms with Crippen LogP contribution in [0, 0.1) is 0 Å². The van der Waals surface area contributed by atoms with E-state index in [0.29, 0.717) is 0 Å². The molecule has 2 aromatic heterocycles. The van der Waals surface area contributed by atoms with Gasteiger partial charge >= 0.3 is 0 Å². The fraction of sp³-hybridized carbons (Fsp3) is 0.0769. The van der Waals surface area contributed by atoms with Crippen molar-refractivity contribution in [2.75, 3.05) is 5.73 Å². The molecule has 0 atom stereocenters. The normalized spacial score (nSPS) is 10.9. The van der Waals surface area contributed by atoms with Crippen molar-refractivity contribution in [2.24, 2.45) is 7.05 Å². The number of aromatic nitrogens is 3. The maximum atomic E-state index is 5.97. The summed E-state index contributed by atoms with van der Waals surface area (Å²) in [5, 5.41) is 3.04. The van der Waals surface area contributed by atoms with Crippen molar-refractivity contribution in [3.63, 3.8) is 0 Å². The fourth-order valence-electron chi connectivity index (χ4n) is 1.83. The number of anilines is 1. The van der Waals surface area contributed by atoms with Gasteiger partial charge in [0.15, 0.2) is 5.16 Å². The molecule has 2 heterocycles. The Hall–Kier alpha value is -2.01. The minimum Gasteiger partial charge on any atom is -0.398 e. The molecule has 18 heavy (non-hydrogen) atoms. The van der Waals surface area contributed by atoms with E-state index in [1.165, 1.54) is 0 Å². The molecule has 90 valence electrons.